The Morgan fingerprint density at radius 2 is 1.85 bits per heavy atom. The van der Waals surface area contributed by atoms with Crippen LogP contribution in [0.5, 0.6) is 0 Å². The average Bonchev–Trinajstić information content (AvgIpc) is 2.04. The number of nitrogens with zero attached hydrogens (tertiary/aromatic N) is 1. The number of carboxylic acids is 1. The average molecular weight is 207 g/mol. The fourth-order valence-electron chi connectivity index (χ4n) is 0.726. The summed E-state index contributed by atoms with van der Waals surface area (Å²) in [6.07, 6.45) is 0. The molecule has 64 valence electrons. The van der Waals surface area contributed by atoms with Crippen molar-refractivity contribution in [1.82, 2.24) is 0 Å². The Balaban J connectivity index is 0. The maximum atomic E-state index is 10.3. The van der Waals surface area contributed by atoms with Crippen molar-refractivity contribution in [3.8, 4) is 0 Å². The smallest absolute Gasteiger partial charge is 1.00 e. The molecule has 1 aromatic rings. The maximum absolute atomic E-state index is 10.3. The first kappa shape index (κ1) is 12.7. The molecule has 0 aliphatic rings. The molecule has 0 heterocycles. The summed E-state index contributed by atoms with van der Waals surface area (Å²) >= 11 is 0. The molecule has 0 aromatic heterocycles. The van der Waals surface area contributed by atoms with Crippen molar-refractivity contribution < 1.29 is 67.6 Å². The van der Waals surface area contributed by atoms with E-state index in [0.717, 1.165) is 12.1 Å². The zero-order valence-corrected chi connectivity index (χ0v) is 10.1. The Kier molecular flexibility index (Phi) is 5.34. The summed E-state index contributed by atoms with van der Waals surface area (Å²) in [5.41, 5.74) is -0.0689. The number of aromatic carboxylic acids is 1. The van der Waals surface area contributed by atoms with Gasteiger partial charge in [-0.3, -0.25) is 10.1 Å². The van der Waals surface area contributed by atoms with Crippen LogP contribution in [0.2, 0.25) is 0 Å². The van der Waals surface area contributed by atoms with Gasteiger partial charge in [-0.1, -0.05) is 0 Å². The van der Waals surface area contributed by atoms with Crippen LogP contribution in [0.15, 0.2) is 24.3 Å². The van der Waals surface area contributed by atoms with Crippen molar-refractivity contribution in [2.45, 2.75) is 0 Å². The molecule has 0 saturated heterocycles. The molecular formula is C7H6KNO4. The third kappa shape index (κ3) is 3.53. The molecule has 0 radical (unpaired) electrons. The summed E-state index contributed by atoms with van der Waals surface area (Å²) < 4.78 is 0. The number of carboxylic acid groups (broad SMARTS) is 1. The van der Waals surface area contributed by atoms with Gasteiger partial charge in [0.1, 0.15) is 0 Å². The van der Waals surface area contributed by atoms with Crippen LogP contribution in [0.1, 0.15) is 11.8 Å². The zero-order valence-electron chi connectivity index (χ0n) is 7.93. The van der Waals surface area contributed by atoms with Gasteiger partial charge in [-0.05, 0) is 12.1 Å². The van der Waals surface area contributed by atoms with Crippen molar-refractivity contribution >= 4 is 11.7 Å². The number of benzene rings is 1. The van der Waals surface area contributed by atoms with Crippen LogP contribution >= 0.6 is 0 Å². The van der Waals surface area contributed by atoms with Gasteiger partial charge in [-0.2, -0.15) is 0 Å². The summed E-state index contributed by atoms with van der Waals surface area (Å²) in [5, 5.41) is 18.6. The van der Waals surface area contributed by atoms with Crippen molar-refractivity contribution in [3.63, 3.8) is 0 Å². The van der Waals surface area contributed by atoms with Crippen molar-refractivity contribution in [3.05, 3.63) is 39.9 Å². The fourth-order valence-corrected chi connectivity index (χ4v) is 0.726. The van der Waals surface area contributed by atoms with Crippen LogP contribution in [-0.2, 0) is 0 Å². The van der Waals surface area contributed by atoms with Crippen molar-refractivity contribution in [1.29, 1.82) is 0 Å². The molecule has 0 spiro atoms. The number of nitro benzene ring substituents is 1. The molecule has 0 atom stereocenters. The Bertz CT molecular complexity index is 294. The molecule has 0 bridgehead atoms. The topological polar surface area (TPSA) is 80.4 Å². The molecule has 0 aliphatic carbocycles. The predicted octanol–water partition coefficient (Wildman–Crippen LogP) is -1.59. The minimum absolute atomic E-state index is 0. The minimum atomic E-state index is -1.09. The predicted molar refractivity (Wildman–Crippen MR) is 41.2 cm³/mol. The molecular weight excluding hydrogens is 201 g/mol. The van der Waals surface area contributed by atoms with E-state index in [1.807, 2.05) is 0 Å². The van der Waals surface area contributed by atoms with E-state index in [-0.39, 0.29) is 64.1 Å². The van der Waals surface area contributed by atoms with Crippen LogP contribution in [0.3, 0.4) is 0 Å². The SMILES string of the molecule is O=C(O)c1ccc([N+](=O)[O-])cc1.[H-].[K+]. The Hall–Kier alpha value is -0.274. The standard InChI is InChI=1S/C7H5NO4.K.H/c9-7(10)5-1-3-6(4-2-5)8(11)12;;/h1-4H,(H,9,10);;/q;+1;-1. The van der Waals surface area contributed by atoms with Gasteiger partial charge >= 0.3 is 57.4 Å². The quantitative estimate of drug-likeness (QED) is 0.360. The van der Waals surface area contributed by atoms with Gasteiger partial charge in [0.15, 0.2) is 0 Å². The van der Waals surface area contributed by atoms with Gasteiger partial charge in [-0.15, -0.1) is 0 Å². The van der Waals surface area contributed by atoms with E-state index in [1.54, 1.807) is 0 Å². The van der Waals surface area contributed by atoms with Gasteiger partial charge in [0, 0.05) is 12.1 Å². The molecule has 1 aromatic carbocycles. The van der Waals surface area contributed by atoms with E-state index in [0.29, 0.717) is 0 Å². The summed E-state index contributed by atoms with van der Waals surface area (Å²) in [6.45, 7) is 0. The molecule has 1 rings (SSSR count). The molecule has 0 saturated carbocycles. The van der Waals surface area contributed by atoms with E-state index >= 15 is 0 Å². The van der Waals surface area contributed by atoms with Gasteiger partial charge in [0.05, 0.1) is 10.5 Å². The molecule has 1 N–H and O–H groups in total. The second-order valence-corrected chi connectivity index (χ2v) is 2.11. The largest absolute Gasteiger partial charge is 1.00 e. The van der Waals surface area contributed by atoms with Gasteiger partial charge in [0.25, 0.3) is 5.69 Å². The van der Waals surface area contributed by atoms with Crippen LogP contribution < -0.4 is 51.4 Å². The minimum Gasteiger partial charge on any atom is -1.00 e. The summed E-state index contributed by atoms with van der Waals surface area (Å²) in [6, 6.07) is 4.70. The second-order valence-electron chi connectivity index (χ2n) is 2.11. The van der Waals surface area contributed by atoms with Crippen LogP contribution in [0.25, 0.3) is 0 Å². The molecule has 0 aliphatic heterocycles. The Morgan fingerprint density at radius 1 is 1.38 bits per heavy atom. The van der Waals surface area contributed by atoms with E-state index in [4.69, 9.17) is 5.11 Å². The molecule has 0 fully saturated rings. The van der Waals surface area contributed by atoms with Crippen LogP contribution in [0, 0.1) is 10.1 Å². The molecule has 6 heteroatoms. The first-order valence-electron chi connectivity index (χ1n) is 3.09. The van der Waals surface area contributed by atoms with Crippen molar-refractivity contribution in [2.75, 3.05) is 0 Å². The summed E-state index contributed by atoms with van der Waals surface area (Å²) in [5.74, 6) is -1.09. The number of hydrogen-bond acceptors (Lipinski definition) is 3. The maximum Gasteiger partial charge on any atom is 1.00 e. The monoisotopic (exact) mass is 207 g/mol. The van der Waals surface area contributed by atoms with Gasteiger partial charge in [0.2, 0.25) is 0 Å². The molecule has 13 heavy (non-hydrogen) atoms. The van der Waals surface area contributed by atoms with E-state index in [2.05, 4.69) is 0 Å². The Labute approximate surface area is 118 Å². The number of carbonyl (C=O) groups is 1. The van der Waals surface area contributed by atoms with Crippen LogP contribution in [-0.4, -0.2) is 16.0 Å². The van der Waals surface area contributed by atoms with E-state index in [9.17, 15) is 14.9 Å². The van der Waals surface area contributed by atoms with Gasteiger partial charge < -0.3 is 6.53 Å². The number of non-ortho nitro benzene ring substituents is 1. The summed E-state index contributed by atoms with van der Waals surface area (Å²) in [4.78, 5) is 19.9. The molecule has 0 amide bonds. The van der Waals surface area contributed by atoms with Gasteiger partial charge in [-0.25, -0.2) is 4.79 Å². The molecule has 0 unspecified atom stereocenters. The number of hydrogen-bond donors (Lipinski definition) is 1. The fraction of sp³-hybridized carbons (Fsp3) is 0. The normalized spacial score (nSPS) is 8.62. The van der Waals surface area contributed by atoms with Crippen LogP contribution in [0.4, 0.5) is 5.69 Å². The zero-order chi connectivity index (χ0) is 9.14. The number of nitro groups is 1. The molecule has 5 nitrogen and oxygen atoms in total. The third-order valence-corrected chi connectivity index (χ3v) is 1.33. The van der Waals surface area contributed by atoms with Crippen molar-refractivity contribution in [2.24, 2.45) is 0 Å². The first-order chi connectivity index (χ1) is 5.61. The third-order valence-electron chi connectivity index (χ3n) is 1.33. The van der Waals surface area contributed by atoms with E-state index < -0.39 is 10.9 Å². The number of rotatable bonds is 2. The summed E-state index contributed by atoms with van der Waals surface area (Å²) in [7, 11) is 0. The van der Waals surface area contributed by atoms with E-state index in [1.165, 1.54) is 12.1 Å². The Morgan fingerprint density at radius 3 is 2.15 bits per heavy atom. The second kappa shape index (κ2) is 5.46. The first-order valence-corrected chi connectivity index (χ1v) is 3.09.